The van der Waals surface area contributed by atoms with Gasteiger partial charge in [-0.1, -0.05) is 0 Å². The Bertz CT molecular complexity index is 534. The third-order valence-corrected chi connectivity index (χ3v) is 2.61. The first-order valence-electron chi connectivity index (χ1n) is 5.65. The molecule has 0 unspecified atom stereocenters. The van der Waals surface area contributed by atoms with Crippen LogP contribution in [0.15, 0.2) is 30.6 Å². The molecule has 0 fully saturated rings. The summed E-state index contributed by atoms with van der Waals surface area (Å²) >= 11 is 0. The summed E-state index contributed by atoms with van der Waals surface area (Å²) in [7, 11) is 0. The van der Waals surface area contributed by atoms with E-state index in [9.17, 15) is 13.2 Å². The number of aromatic nitrogens is 2. The molecule has 1 aromatic carbocycles. The quantitative estimate of drug-likeness (QED) is 0.748. The molecule has 2 rings (SSSR count). The molecule has 2 aromatic rings. The average molecular weight is 270 g/mol. The van der Waals surface area contributed by atoms with Crippen LogP contribution in [0.3, 0.4) is 0 Å². The number of anilines is 2. The molecule has 0 amide bonds. The number of hydrogen-bond acceptors (Lipinski definition) is 3. The second-order valence-corrected chi connectivity index (χ2v) is 4.01. The lowest BCUT2D eigenvalue weighted by molar-refractivity contribution is -0.137. The van der Waals surface area contributed by atoms with E-state index < -0.39 is 11.7 Å². The van der Waals surface area contributed by atoms with Crippen molar-refractivity contribution in [3.8, 4) is 0 Å². The molecule has 0 saturated heterocycles. The van der Waals surface area contributed by atoms with E-state index in [2.05, 4.69) is 15.3 Å². The van der Waals surface area contributed by atoms with Gasteiger partial charge in [-0.15, -0.1) is 0 Å². The highest BCUT2D eigenvalue weighted by molar-refractivity contribution is 5.67. The van der Waals surface area contributed by atoms with Crippen LogP contribution in [0.1, 0.15) is 11.4 Å². The van der Waals surface area contributed by atoms with Gasteiger partial charge in [0.15, 0.2) is 0 Å². The number of alkyl halides is 3. The van der Waals surface area contributed by atoms with Gasteiger partial charge in [0.25, 0.3) is 0 Å². The molecule has 102 valence electrons. The maximum atomic E-state index is 12.4. The zero-order chi connectivity index (χ0) is 13.9. The number of rotatable bonds is 4. The molecule has 4 nitrogen and oxygen atoms in total. The minimum atomic E-state index is -4.37. The van der Waals surface area contributed by atoms with E-state index in [1.807, 2.05) is 0 Å². The zero-order valence-electron chi connectivity index (χ0n) is 9.96. The molecule has 4 N–H and O–H groups in total. The summed E-state index contributed by atoms with van der Waals surface area (Å²) in [6.45, 7) is 0.531. The Morgan fingerprint density at radius 3 is 2.68 bits per heavy atom. The van der Waals surface area contributed by atoms with E-state index in [4.69, 9.17) is 5.73 Å². The Kier molecular flexibility index (Phi) is 3.64. The molecule has 0 aliphatic heterocycles. The number of imidazole rings is 1. The standard InChI is InChI=1S/C12H13F3N4/c13-12(14,15)8-1-2-10(9(16)7-8)17-4-3-11-18-5-6-19-11/h1-2,5-7,17H,3-4,16H2,(H,18,19). The minimum absolute atomic E-state index is 0.0780. The lowest BCUT2D eigenvalue weighted by atomic mass is 10.1. The van der Waals surface area contributed by atoms with Crippen molar-refractivity contribution in [2.75, 3.05) is 17.6 Å². The summed E-state index contributed by atoms with van der Waals surface area (Å²) in [6, 6.07) is 3.26. The first kappa shape index (κ1) is 13.3. The second kappa shape index (κ2) is 5.21. The zero-order valence-corrected chi connectivity index (χ0v) is 9.96. The highest BCUT2D eigenvalue weighted by atomic mass is 19.4. The van der Waals surface area contributed by atoms with Gasteiger partial charge in [0.05, 0.1) is 16.9 Å². The third kappa shape index (κ3) is 3.40. The predicted molar refractivity (Wildman–Crippen MR) is 66.6 cm³/mol. The molecule has 0 aliphatic carbocycles. The predicted octanol–water partition coefficient (Wildman–Crippen LogP) is 2.67. The van der Waals surface area contributed by atoms with Crippen molar-refractivity contribution in [1.82, 2.24) is 9.97 Å². The summed E-state index contributed by atoms with van der Waals surface area (Å²) in [5, 5.41) is 2.98. The van der Waals surface area contributed by atoms with Crippen LogP contribution >= 0.6 is 0 Å². The van der Waals surface area contributed by atoms with Crippen molar-refractivity contribution in [3.63, 3.8) is 0 Å². The number of hydrogen-bond donors (Lipinski definition) is 3. The van der Waals surface area contributed by atoms with Gasteiger partial charge >= 0.3 is 6.18 Å². The topological polar surface area (TPSA) is 66.7 Å². The lowest BCUT2D eigenvalue weighted by Crippen LogP contribution is -2.10. The van der Waals surface area contributed by atoms with Gasteiger partial charge in [0.1, 0.15) is 5.82 Å². The average Bonchev–Trinajstić information content (AvgIpc) is 2.83. The van der Waals surface area contributed by atoms with Gasteiger partial charge in [0.2, 0.25) is 0 Å². The van der Waals surface area contributed by atoms with Crippen LogP contribution in [0.5, 0.6) is 0 Å². The molecular formula is C12H13F3N4. The molecule has 1 heterocycles. The lowest BCUT2D eigenvalue weighted by Gasteiger charge is -2.12. The van der Waals surface area contributed by atoms with Crippen molar-refractivity contribution < 1.29 is 13.2 Å². The van der Waals surface area contributed by atoms with Crippen LogP contribution in [-0.4, -0.2) is 16.5 Å². The van der Waals surface area contributed by atoms with Crippen molar-refractivity contribution in [3.05, 3.63) is 42.0 Å². The summed E-state index contributed by atoms with van der Waals surface area (Å²) in [4.78, 5) is 6.98. The number of nitrogens with one attached hydrogen (secondary N) is 2. The van der Waals surface area contributed by atoms with Gasteiger partial charge in [-0.2, -0.15) is 13.2 Å². The van der Waals surface area contributed by atoms with Crippen molar-refractivity contribution >= 4 is 11.4 Å². The number of H-pyrrole nitrogens is 1. The molecular weight excluding hydrogens is 257 g/mol. The maximum absolute atomic E-state index is 12.4. The van der Waals surface area contributed by atoms with Crippen LogP contribution < -0.4 is 11.1 Å². The first-order valence-corrected chi connectivity index (χ1v) is 5.65. The van der Waals surface area contributed by atoms with E-state index in [-0.39, 0.29) is 5.69 Å². The molecule has 0 aliphatic rings. The highest BCUT2D eigenvalue weighted by Gasteiger charge is 2.30. The van der Waals surface area contributed by atoms with E-state index in [0.29, 0.717) is 18.7 Å². The highest BCUT2D eigenvalue weighted by Crippen LogP contribution is 2.32. The number of nitrogens with zero attached hydrogens (tertiary/aromatic N) is 1. The Balaban J connectivity index is 1.97. The van der Waals surface area contributed by atoms with Gasteiger partial charge in [-0.05, 0) is 18.2 Å². The Labute approximate surface area is 107 Å². The molecule has 0 saturated carbocycles. The van der Waals surface area contributed by atoms with Crippen molar-refractivity contribution in [2.45, 2.75) is 12.6 Å². The smallest absolute Gasteiger partial charge is 0.397 e. The number of benzene rings is 1. The SMILES string of the molecule is Nc1cc(C(F)(F)F)ccc1NCCc1ncc[nH]1. The van der Waals surface area contributed by atoms with Gasteiger partial charge < -0.3 is 16.0 Å². The van der Waals surface area contributed by atoms with Crippen molar-refractivity contribution in [1.29, 1.82) is 0 Å². The molecule has 0 atom stereocenters. The molecule has 0 radical (unpaired) electrons. The molecule has 7 heteroatoms. The Morgan fingerprint density at radius 2 is 2.11 bits per heavy atom. The number of halogens is 3. The van der Waals surface area contributed by atoms with Crippen LogP contribution in [0.2, 0.25) is 0 Å². The van der Waals surface area contributed by atoms with Gasteiger partial charge in [-0.25, -0.2) is 4.98 Å². The monoisotopic (exact) mass is 270 g/mol. The number of nitrogens with two attached hydrogens (primary N) is 1. The third-order valence-electron chi connectivity index (χ3n) is 2.61. The minimum Gasteiger partial charge on any atom is -0.397 e. The van der Waals surface area contributed by atoms with Crippen LogP contribution in [0.25, 0.3) is 0 Å². The van der Waals surface area contributed by atoms with E-state index in [0.717, 1.165) is 18.0 Å². The molecule has 19 heavy (non-hydrogen) atoms. The molecule has 0 spiro atoms. The van der Waals surface area contributed by atoms with Gasteiger partial charge in [0, 0.05) is 25.4 Å². The summed E-state index contributed by atoms with van der Waals surface area (Å²) in [5.74, 6) is 0.804. The van der Waals surface area contributed by atoms with Crippen LogP contribution in [0.4, 0.5) is 24.5 Å². The second-order valence-electron chi connectivity index (χ2n) is 4.01. The Hall–Kier alpha value is -2.18. The van der Waals surface area contributed by atoms with E-state index in [1.165, 1.54) is 6.07 Å². The fraction of sp³-hybridized carbons (Fsp3) is 0.250. The molecule has 0 bridgehead atoms. The maximum Gasteiger partial charge on any atom is 0.416 e. The fourth-order valence-electron chi connectivity index (χ4n) is 1.65. The van der Waals surface area contributed by atoms with Crippen LogP contribution in [0, 0.1) is 0 Å². The summed E-state index contributed by atoms with van der Waals surface area (Å²) < 4.78 is 37.3. The normalized spacial score (nSPS) is 11.5. The Morgan fingerprint density at radius 1 is 1.32 bits per heavy atom. The fourth-order valence-corrected chi connectivity index (χ4v) is 1.65. The largest absolute Gasteiger partial charge is 0.416 e. The molecule has 1 aromatic heterocycles. The summed E-state index contributed by atoms with van der Waals surface area (Å²) in [6.07, 6.45) is -0.391. The number of aromatic amines is 1. The van der Waals surface area contributed by atoms with Gasteiger partial charge in [-0.3, -0.25) is 0 Å². The first-order chi connectivity index (χ1) is 8.97. The van der Waals surface area contributed by atoms with E-state index in [1.54, 1.807) is 12.4 Å². The summed E-state index contributed by atoms with van der Waals surface area (Å²) in [5.41, 5.74) is 5.41. The van der Waals surface area contributed by atoms with Crippen molar-refractivity contribution in [2.24, 2.45) is 0 Å². The number of nitrogen functional groups attached to an aromatic ring is 1. The van der Waals surface area contributed by atoms with E-state index >= 15 is 0 Å². The van der Waals surface area contributed by atoms with Crippen LogP contribution in [-0.2, 0) is 12.6 Å².